The highest BCUT2D eigenvalue weighted by molar-refractivity contribution is 6.30. The minimum absolute atomic E-state index is 0.209. The highest BCUT2D eigenvalue weighted by Crippen LogP contribution is 2.28. The number of nitrogen functional groups attached to an aromatic ring is 1. The third kappa shape index (κ3) is 4.49. The Kier molecular flexibility index (Phi) is 5.93. The van der Waals surface area contributed by atoms with Gasteiger partial charge in [-0.15, -0.1) is 0 Å². The summed E-state index contributed by atoms with van der Waals surface area (Å²) in [6, 6.07) is 19.6. The second-order valence-electron chi connectivity index (χ2n) is 6.01. The van der Waals surface area contributed by atoms with Crippen LogP contribution in [0.4, 0.5) is 5.69 Å². The third-order valence-corrected chi connectivity index (χ3v) is 4.30. The van der Waals surface area contributed by atoms with E-state index in [1.165, 1.54) is 0 Å². The van der Waals surface area contributed by atoms with Crippen molar-refractivity contribution in [1.82, 2.24) is 5.01 Å². The fourth-order valence-corrected chi connectivity index (χ4v) is 2.72. The predicted molar refractivity (Wildman–Crippen MR) is 109 cm³/mol. The Morgan fingerprint density at radius 2 is 1.54 bits per heavy atom. The van der Waals surface area contributed by atoms with E-state index in [2.05, 4.69) is 0 Å². The molecule has 0 fully saturated rings. The Labute approximate surface area is 167 Å². The molecule has 6 nitrogen and oxygen atoms in total. The number of hydrazine groups is 1. The molecule has 1 amide bonds. The lowest BCUT2D eigenvalue weighted by atomic mass is 10.0. The van der Waals surface area contributed by atoms with Gasteiger partial charge in [-0.05, 0) is 59.7 Å². The van der Waals surface area contributed by atoms with Crippen molar-refractivity contribution in [3.8, 4) is 22.6 Å². The lowest BCUT2D eigenvalue weighted by molar-refractivity contribution is -0.108. The number of ether oxygens (including phenoxy) is 1. The third-order valence-electron chi connectivity index (χ3n) is 4.05. The minimum Gasteiger partial charge on any atom is -0.457 e. The van der Waals surface area contributed by atoms with E-state index in [4.69, 9.17) is 27.9 Å². The number of carbonyl (C=O) groups excluding carboxylic acids is 2. The average Bonchev–Trinajstić information content (AvgIpc) is 2.70. The second-order valence-corrected chi connectivity index (χ2v) is 6.44. The van der Waals surface area contributed by atoms with Gasteiger partial charge < -0.3 is 15.3 Å². The number of nitrogens with zero attached hydrogens (tertiary/aromatic N) is 1. The molecule has 0 heterocycles. The highest BCUT2D eigenvalue weighted by Gasteiger charge is 2.16. The molecule has 0 aliphatic carbocycles. The van der Waals surface area contributed by atoms with E-state index in [9.17, 15) is 9.59 Å². The van der Waals surface area contributed by atoms with Crippen LogP contribution >= 0.6 is 11.6 Å². The topological polar surface area (TPSA) is 98.7 Å². The number of anilines is 1. The van der Waals surface area contributed by atoms with E-state index >= 15 is 0 Å². The number of hydrogen-bond acceptors (Lipinski definition) is 5. The van der Waals surface area contributed by atoms with Gasteiger partial charge in [-0.1, -0.05) is 29.8 Å². The maximum Gasteiger partial charge on any atom is 0.270 e. The number of halogens is 1. The fourth-order valence-electron chi connectivity index (χ4n) is 2.59. The quantitative estimate of drug-likeness (QED) is 0.217. The molecule has 0 bridgehead atoms. The molecule has 3 rings (SSSR count). The summed E-state index contributed by atoms with van der Waals surface area (Å²) in [6.45, 7) is -0.209. The van der Waals surface area contributed by atoms with Crippen LogP contribution in [-0.4, -0.2) is 23.7 Å². The first-order valence-corrected chi connectivity index (χ1v) is 8.79. The lowest BCUT2D eigenvalue weighted by Crippen LogP contribution is -2.39. The van der Waals surface area contributed by atoms with Crippen LogP contribution in [0.3, 0.4) is 0 Å². The van der Waals surface area contributed by atoms with Crippen LogP contribution in [0, 0.1) is 0 Å². The molecule has 0 atom stereocenters. The van der Waals surface area contributed by atoms with Gasteiger partial charge in [0.15, 0.2) is 0 Å². The van der Waals surface area contributed by atoms with Crippen LogP contribution in [0.5, 0.6) is 11.5 Å². The Hall–Kier alpha value is -3.35. The molecule has 0 saturated heterocycles. The number of benzene rings is 3. The van der Waals surface area contributed by atoms with Crippen molar-refractivity contribution in [2.24, 2.45) is 5.84 Å². The van der Waals surface area contributed by atoms with Crippen LogP contribution < -0.4 is 16.3 Å². The molecule has 7 heteroatoms. The zero-order valence-corrected chi connectivity index (χ0v) is 15.6. The summed E-state index contributed by atoms with van der Waals surface area (Å²) in [6.07, 6.45) is 0.553. The SMILES string of the molecule is Nc1ccc(-c2ccc(Oc3ccc(Cl)cc3)cc2)cc1C(=O)N(N)CC=O. The lowest BCUT2D eigenvalue weighted by Gasteiger charge is -2.15. The van der Waals surface area contributed by atoms with Crippen molar-refractivity contribution in [2.75, 3.05) is 12.3 Å². The van der Waals surface area contributed by atoms with Gasteiger partial charge in [-0.2, -0.15) is 0 Å². The molecule has 3 aromatic carbocycles. The molecule has 0 aliphatic rings. The summed E-state index contributed by atoms with van der Waals surface area (Å²) in [5, 5.41) is 1.46. The van der Waals surface area contributed by atoms with Gasteiger partial charge in [0.25, 0.3) is 5.91 Å². The van der Waals surface area contributed by atoms with Gasteiger partial charge in [0, 0.05) is 10.7 Å². The molecule has 28 heavy (non-hydrogen) atoms. The van der Waals surface area contributed by atoms with Gasteiger partial charge in [0.1, 0.15) is 17.8 Å². The Bertz CT molecular complexity index is 989. The number of rotatable bonds is 6. The predicted octanol–water partition coefficient (Wildman–Crippen LogP) is 3.90. The van der Waals surface area contributed by atoms with E-state index in [-0.39, 0.29) is 17.8 Å². The average molecular weight is 396 g/mol. The zero-order chi connectivity index (χ0) is 20.1. The number of nitrogens with two attached hydrogens (primary N) is 2. The molecule has 0 spiro atoms. The number of carbonyl (C=O) groups is 2. The molecule has 4 N–H and O–H groups in total. The second kappa shape index (κ2) is 8.56. The van der Waals surface area contributed by atoms with Crippen LogP contribution in [0.1, 0.15) is 10.4 Å². The molecule has 0 aromatic heterocycles. The fraction of sp³-hybridized carbons (Fsp3) is 0.0476. The maximum atomic E-state index is 12.4. The van der Waals surface area contributed by atoms with E-state index in [0.29, 0.717) is 22.8 Å². The summed E-state index contributed by atoms with van der Waals surface area (Å²) in [5.41, 5.74) is 8.09. The molecule has 0 aliphatic heterocycles. The van der Waals surface area contributed by atoms with Crippen LogP contribution in [0.2, 0.25) is 5.02 Å². The molecule has 3 aromatic rings. The first-order chi connectivity index (χ1) is 13.5. The number of hydrogen-bond donors (Lipinski definition) is 2. The van der Waals surface area contributed by atoms with Crippen LogP contribution in [0.25, 0.3) is 11.1 Å². The van der Waals surface area contributed by atoms with Crippen molar-refractivity contribution >= 4 is 29.5 Å². The molecular weight excluding hydrogens is 378 g/mol. The molecule has 142 valence electrons. The van der Waals surface area contributed by atoms with Crippen LogP contribution in [0.15, 0.2) is 66.7 Å². The van der Waals surface area contributed by atoms with Crippen molar-refractivity contribution in [3.05, 3.63) is 77.3 Å². The highest BCUT2D eigenvalue weighted by atomic mass is 35.5. The van der Waals surface area contributed by atoms with E-state index < -0.39 is 5.91 Å². The smallest absolute Gasteiger partial charge is 0.270 e. The molecule has 0 unspecified atom stereocenters. The maximum absolute atomic E-state index is 12.4. The van der Waals surface area contributed by atoms with Crippen molar-refractivity contribution in [1.29, 1.82) is 0 Å². The van der Waals surface area contributed by atoms with Gasteiger partial charge in [-0.25, -0.2) is 5.84 Å². The van der Waals surface area contributed by atoms with Crippen LogP contribution in [-0.2, 0) is 4.79 Å². The summed E-state index contributed by atoms with van der Waals surface area (Å²) >= 11 is 5.87. The summed E-state index contributed by atoms with van der Waals surface area (Å²) in [5.74, 6) is 6.41. The van der Waals surface area contributed by atoms with E-state index in [1.807, 2.05) is 30.3 Å². The minimum atomic E-state index is -0.519. The van der Waals surface area contributed by atoms with Crippen molar-refractivity contribution in [2.45, 2.75) is 0 Å². The molecule has 0 saturated carbocycles. The Morgan fingerprint density at radius 3 is 2.14 bits per heavy atom. The van der Waals surface area contributed by atoms with Gasteiger partial charge in [0.05, 0.1) is 12.1 Å². The van der Waals surface area contributed by atoms with Crippen molar-refractivity contribution in [3.63, 3.8) is 0 Å². The number of aldehydes is 1. The first kappa shape index (κ1) is 19.4. The normalized spacial score (nSPS) is 10.4. The van der Waals surface area contributed by atoms with Gasteiger partial charge >= 0.3 is 0 Å². The zero-order valence-electron chi connectivity index (χ0n) is 14.8. The van der Waals surface area contributed by atoms with E-state index in [1.54, 1.807) is 36.4 Å². The Balaban J connectivity index is 1.81. The first-order valence-electron chi connectivity index (χ1n) is 8.41. The summed E-state index contributed by atoms with van der Waals surface area (Å²) in [7, 11) is 0. The summed E-state index contributed by atoms with van der Waals surface area (Å²) in [4.78, 5) is 22.9. The van der Waals surface area contributed by atoms with Crippen molar-refractivity contribution < 1.29 is 14.3 Å². The largest absolute Gasteiger partial charge is 0.457 e. The standard InChI is InChI=1S/C21H18ClN3O3/c22-16-4-8-18(9-5-16)28-17-6-1-14(2-7-17)15-3-10-20(23)19(13-15)21(27)25(24)11-12-26/h1-10,12-13H,11,23-24H2. The molecular formula is C21H18ClN3O3. The Morgan fingerprint density at radius 1 is 0.964 bits per heavy atom. The molecule has 0 radical (unpaired) electrons. The van der Waals surface area contributed by atoms with E-state index in [0.717, 1.165) is 16.1 Å². The van der Waals surface area contributed by atoms with Gasteiger partial charge in [-0.3, -0.25) is 9.80 Å². The summed E-state index contributed by atoms with van der Waals surface area (Å²) < 4.78 is 5.77. The monoisotopic (exact) mass is 395 g/mol. The number of amides is 1. The van der Waals surface area contributed by atoms with Gasteiger partial charge in [0.2, 0.25) is 0 Å².